The highest BCUT2D eigenvalue weighted by atomic mass is 32.1. The van der Waals surface area contributed by atoms with Crippen LogP contribution in [0.15, 0.2) is 194 Å². The van der Waals surface area contributed by atoms with Gasteiger partial charge in [-0.15, -0.1) is 11.3 Å². The Bertz CT molecular complexity index is 2830. The first-order chi connectivity index (χ1) is 25.3. The lowest BCUT2D eigenvalue weighted by atomic mass is 10.0. The SMILES string of the molecule is c1ccc(N(c2ccc(-c3ccc4ccccc4c3)cc2)c2ccc(-c3cccc4c3sc3c5ccccc5n(-c5ccccc5)c43)cc2)cc1. The summed E-state index contributed by atoms with van der Waals surface area (Å²) in [5, 5.41) is 5.10. The number of aromatic nitrogens is 1. The van der Waals surface area contributed by atoms with Gasteiger partial charge in [0.15, 0.2) is 0 Å². The van der Waals surface area contributed by atoms with Gasteiger partial charge in [0.05, 0.1) is 15.7 Å². The number of thiophene rings is 1. The molecule has 2 heterocycles. The van der Waals surface area contributed by atoms with Crippen molar-refractivity contribution >= 4 is 70.4 Å². The van der Waals surface area contributed by atoms with Crippen LogP contribution in [0.5, 0.6) is 0 Å². The van der Waals surface area contributed by atoms with Crippen molar-refractivity contribution in [3.63, 3.8) is 0 Å². The quantitative estimate of drug-likeness (QED) is 0.171. The summed E-state index contributed by atoms with van der Waals surface area (Å²) in [6.07, 6.45) is 0. The van der Waals surface area contributed by atoms with E-state index in [1.807, 2.05) is 11.3 Å². The largest absolute Gasteiger partial charge is 0.311 e. The molecule has 0 aliphatic rings. The molecule has 0 bridgehead atoms. The fourth-order valence-electron chi connectivity index (χ4n) is 7.55. The summed E-state index contributed by atoms with van der Waals surface area (Å²) in [7, 11) is 0. The second kappa shape index (κ2) is 12.2. The maximum Gasteiger partial charge on any atom is 0.0727 e. The lowest BCUT2D eigenvalue weighted by molar-refractivity contribution is 1.19. The molecule has 0 spiro atoms. The minimum absolute atomic E-state index is 1.12. The van der Waals surface area contributed by atoms with Crippen LogP contribution in [0, 0.1) is 0 Å². The van der Waals surface area contributed by atoms with E-state index in [9.17, 15) is 0 Å². The Morgan fingerprint density at radius 2 is 0.980 bits per heavy atom. The summed E-state index contributed by atoms with van der Waals surface area (Å²) in [5.74, 6) is 0. The molecule has 51 heavy (non-hydrogen) atoms. The van der Waals surface area contributed by atoms with Gasteiger partial charge >= 0.3 is 0 Å². The molecule has 8 aromatic carbocycles. The molecule has 10 rings (SSSR count). The van der Waals surface area contributed by atoms with Gasteiger partial charge in [-0.3, -0.25) is 0 Å². The van der Waals surface area contributed by atoms with Crippen LogP contribution in [-0.2, 0) is 0 Å². The van der Waals surface area contributed by atoms with Gasteiger partial charge in [0.2, 0.25) is 0 Å². The normalized spacial score (nSPS) is 11.5. The molecule has 0 N–H and O–H groups in total. The third kappa shape index (κ3) is 5.01. The minimum Gasteiger partial charge on any atom is -0.311 e. The van der Waals surface area contributed by atoms with E-state index < -0.39 is 0 Å². The summed E-state index contributed by atoms with van der Waals surface area (Å²) in [4.78, 5) is 2.34. The van der Waals surface area contributed by atoms with Crippen molar-refractivity contribution in [3.05, 3.63) is 194 Å². The summed E-state index contributed by atoms with van der Waals surface area (Å²) in [6, 6.07) is 70.1. The van der Waals surface area contributed by atoms with E-state index >= 15 is 0 Å². The highest BCUT2D eigenvalue weighted by Crippen LogP contribution is 2.46. The minimum atomic E-state index is 1.12. The molecule has 0 fully saturated rings. The topological polar surface area (TPSA) is 8.17 Å². The average Bonchev–Trinajstić information content (AvgIpc) is 3.74. The van der Waals surface area contributed by atoms with Crippen molar-refractivity contribution in [2.75, 3.05) is 4.90 Å². The Morgan fingerprint density at radius 3 is 1.75 bits per heavy atom. The van der Waals surface area contributed by atoms with Gasteiger partial charge < -0.3 is 9.47 Å². The first-order valence-electron chi connectivity index (χ1n) is 17.4. The molecule has 3 heteroatoms. The number of anilines is 3. The fourth-order valence-corrected chi connectivity index (χ4v) is 8.91. The number of nitrogens with zero attached hydrogens (tertiary/aromatic N) is 2. The number of rotatable bonds is 6. The second-order valence-corrected chi connectivity index (χ2v) is 14.0. The Balaban J connectivity index is 1.05. The Labute approximate surface area is 300 Å². The van der Waals surface area contributed by atoms with E-state index in [-0.39, 0.29) is 0 Å². The van der Waals surface area contributed by atoms with Crippen LogP contribution < -0.4 is 4.90 Å². The van der Waals surface area contributed by atoms with Gasteiger partial charge in [0.25, 0.3) is 0 Å². The number of hydrogen-bond acceptors (Lipinski definition) is 2. The van der Waals surface area contributed by atoms with Crippen LogP contribution in [0.3, 0.4) is 0 Å². The van der Waals surface area contributed by atoms with Gasteiger partial charge in [0, 0.05) is 38.2 Å². The summed E-state index contributed by atoms with van der Waals surface area (Å²) < 4.78 is 5.07. The molecule has 0 saturated carbocycles. The molecule has 0 radical (unpaired) electrons. The molecule has 0 atom stereocenters. The Morgan fingerprint density at radius 1 is 0.392 bits per heavy atom. The fraction of sp³-hybridized carbons (Fsp3) is 0. The van der Waals surface area contributed by atoms with Gasteiger partial charge in [0.1, 0.15) is 0 Å². The number of para-hydroxylation sites is 3. The molecular formula is C48H32N2S. The molecule has 10 aromatic rings. The molecule has 0 amide bonds. The van der Waals surface area contributed by atoms with E-state index in [1.54, 1.807) is 0 Å². The second-order valence-electron chi connectivity index (χ2n) is 13.0. The highest BCUT2D eigenvalue weighted by Gasteiger charge is 2.20. The summed E-state index contributed by atoms with van der Waals surface area (Å²) in [5.41, 5.74) is 12.0. The van der Waals surface area contributed by atoms with Gasteiger partial charge in [-0.2, -0.15) is 0 Å². The van der Waals surface area contributed by atoms with Crippen LogP contribution in [0.25, 0.3) is 69.9 Å². The van der Waals surface area contributed by atoms with Crippen LogP contribution in [0.1, 0.15) is 0 Å². The van der Waals surface area contributed by atoms with Crippen molar-refractivity contribution in [1.29, 1.82) is 0 Å². The molecule has 0 aliphatic heterocycles. The van der Waals surface area contributed by atoms with Crippen molar-refractivity contribution in [2.24, 2.45) is 0 Å². The summed E-state index contributed by atoms with van der Waals surface area (Å²) in [6.45, 7) is 0. The van der Waals surface area contributed by atoms with Crippen LogP contribution >= 0.6 is 11.3 Å². The van der Waals surface area contributed by atoms with Crippen LogP contribution in [0.2, 0.25) is 0 Å². The smallest absolute Gasteiger partial charge is 0.0727 e. The van der Waals surface area contributed by atoms with E-state index in [0.717, 1.165) is 17.1 Å². The van der Waals surface area contributed by atoms with Crippen LogP contribution in [0.4, 0.5) is 17.1 Å². The predicted octanol–water partition coefficient (Wildman–Crippen LogP) is 14.0. The van der Waals surface area contributed by atoms with Crippen molar-refractivity contribution in [1.82, 2.24) is 4.57 Å². The van der Waals surface area contributed by atoms with E-state index in [4.69, 9.17) is 0 Å². The maximum atomic E-state index is 2.43. The number of benzene rings is 8. The van der Waals surface area contributed by atoms with E-state index in [0.29, 0.717) is 0 Å². The van der Waals surface area contributed by atoms with Gasteiger partial charge in [-0.25, -0.2) is 0 Å². The molecule has 0 saturated heterocycles. The monoisotopic (exact) mass is 668 g/mol. The van der Waals surface area contributed by atoms with Gasteiger partial charge in [-0.05, 0) is 93.7 Å². The molecule has 240 valence electrons. The first kappa shape index (κ1) is 29.5. The van der Waals surface area contributed by atoms with Gasteiger partial charge in [-0.1, -0.05) is 133 Å². The van der Waals surface area contributed by atoms with Crippen molar-refractivity contribution in [3.8, 4) is 27.9 Å². The molecule has 0 unspecified atom stereocenters. The average molecular weight is 669 g/mol. The van der Waals surface area contributed by atoms with Crippen LogP contribution in [-0.4, -0.2) is 4.57 Å². The molecular weight excluding hydrogens is 637 g/mol. The third-order valence-corrected chi connectivity index (χ3v) is 11.2. The Kier molecular flexibility index (Phi) is 7.04. The third-order valence-electron chi connectivity index (χ3n) is 9.98. The molecule has 0 aliphatic carbocycles. The first-order valence-corrected chi connectivity index (χ1v) is 18.2. The molecule has 2 aromatic heterocycles. The lowest BCUT2D eigenvalue weighted by Crippen LogP contribution is -2.09. The van der Waals surface area contributed by atoms with Crippen molar-refractivity contribution < 1.29 is 0 Å². The standard InChI is InChI=1S/C48H32N2S/c1-3-14-38(15-4-1)49(40-28-24-34(25-29-40)37-23-22-33-12-7-8-13-36(33)32-37)41-30-26-35(27-31-41)42-19-11-20-44-46-48(51-47(42)44)43-18-9-10-21-45(43)50(46)39-16-5-2-6-17-39/h1-32H. The number of hydrogen-bond donors (Lipinski definition) is 0. The Hall–Kier alpha value is -6.42. The lowest BCUT2D eigenvalue weighted by Gasteiger charge is -2.26. The molecule has 2 nitrogen and oxygen atoms in total. The zero-order valence-corrected chi connectivity index (χ0v) is 28.6. The van der Waals surface area contributed by atoms with Crippen molar-refractivity contribution in [2.45, 2.75) is 0 Å². The van der Waals surface area contributed by atoms with E-state index in [2.05, 4.69) is 204 Å². The summed E-state index contributed by atoms with van der Waals surface area (Å²) >= 11 is 1.90. The zero-order chi connectivity index (χ0) is 33.7. The highest BCUT2D eigenvalue weighted by molar-refractivity contribution is 7.27. The zero-order valence-electron chi connectivity index (χ0n) is 27.8. The maximum absolute atomic E-state index is 2.43. The predicted molar refractivity (Wildman–Crippen MR) is 219 cm³/mol. The van der Waals surface area contributed by atoms with E-state index in [1.165, 1.54) is 69.9 Å². The number of fused-ring (bicyclic) bond motifs is 6.